The van der Waals surface area contributed by atoms with Crippen molar-refractivity contribution in [2.45, 2.75) is 5.75 Å². The van der Waals surface area contributed by atoms with Crippen molar-refractivity contribution in [2.24, 2.45) is 0 Å². The molecule has 7 nitrogen and oxygen atoms in total. The van der Waals surface area contributed by atoms with Gasteiger partial charge in [-0.25, -0.2) is 4.90 Å². The molecular formula is C24H18N2O5S. The van der Waals surface area contributed by atoms with Crippen LogP contribution in [0, 0.1) is 11.3 Å². The molecule has 0 fully saturated rings. The normalized spacial score (nSPS) is 13.5. The SMILES string of the molecule is COc1ccc(C2=C(SCc3ccco3)C(=O)N(c3ccc(C#N)cc3)C2=O)cc1OC. The van der Waals surface area contributed by atoms with Gasteiger partial charge >= 0.3 is 0 Å². The Kier molecular flexibility index (Phi) is 6.01. The van der Waals surface area contributed by atoms with Gasteiger partial charge in [-0.1, -0.05) is 6.07 Å². The lowest BCUT2D eigenvalue weighted by molar-refractivity contribution is -0.119. The summed E-state index contributed by atoms with van der Waals surface area (Å²) in [6.45, 7) is 0. The van der Waals surface area contributed by atoms with E-state index in [0.29, 0.717) is 44.7 Å². The number of nitrogens with zero attached hydrogens (tertiary/aromatic N) is 2. The summed E-state index contributed by atoms with van der Waals surface area (Å²) in [6, 6.07) is 17.0. The molecule has 0 saturated carbocycles. The van der Waals surface area contributed by atoms with E-state index in [1.54, 1.807) is 54.8 Å². The molecule has 8 heteroatoms. The number of carbonyl (C=O) groups is 2. The molecule has 0 N–H and O–H groups in total. The third-order valence-corrected chi connectivity index (χ3v) is 6.00. The third-order valence-electron chi connectivity index (χ3n) is 4.91. The Morgan fingerprint density at radius 1 is 1.00 bits per heavy atom. The van der Waals surface area contributed by atoms with Gasteiger partial charge in [-0.3, -0.25) is 9.59 Å². The molecule has 3 aromatic rings. The molecule has 32 heavy (non-hydrogen) atoms. The van der Waals surface area contributed by atoms with Gasteiger partial charge in [0.25, 0.3) is 11.8 Å². The van der Waals surface area contributed by atoms with Gasteiger partial charge < -0.3 is 13.9 Å². The van der Waals surface area contributed by atoms with Gasteiger partial charge in [-0.05, 0) is 54.1 Å². The number of thioether (sulfide) groups is 1. The molecule has 2 aromatic carbocycles. The van der Waals surface area contributed by atoms with Crippen LogP contribution in [0.3, 0.4) is 0 Å². The number of benzene rings is 2. The van der Waals surface area contributed by atoms with E-state index in [0.717, 1.165) is 4.90 Å². The van der Waals surface area contributed by atoms with Crippen molar-refractivity contribution in [3.63, 3.8) is 0 Å². The second-order valence-electron chi connectivity index (χ2n) is 6.75. The Morgan fingerprint density at radius 3 is 2.38 bits per heavy atom. The summed E-state index contributed by atoms with van der Waals surface area (Å²) >= 11 is 1.24. The fourth-order valence-corrected chi connectivity index (χ4v) is 4.36. The number of rotatable bonds is 7. The summed E-state index contributed by atoms with van der Waals surface area (Å²) in [4.78, 5) is 28.3. The second kappa shape index (κ2) is 9.04. The van der Waals surface area contributed by atoms with Crippen molar-refractivity contribution in [1.82, 2.24) is 0 Å². The van der Waals surface area contributed by atoms with Gasteiger partial charge in [-0.15, -0.1) is 11.8 Å². The minimum atomic E-state index is -0.450. The van der Waals surface area contributed by atoms with Crippen LogP contribution in [0.15, 0.2) is 70.2 Å². The van der Waals surface area contributed by atoms with Crippen LogP contribution < -0.4 is 14.4 Å². The van der Waals surface area contributed by atoms with E-state index >= 15 is 0 Å². The quantitative estimate of drug-likeness (QED) is 0.497. The smallest absolute Gasteiger partial charge is 0.272 e. The van der Waals surface area contributed by atoms with Crippen molar-refractivity contribution in [3.05, 3.63) is 82.7 Å². The molecule has 0 saturated heterocycles. The molecule has 0 radical (unpaired) electrons. The van der Waals surface area contributed by atoms with Crippen LogP contribution in [0.1, 0.15) is 16.9 Å². The maximum atomic E-state index is 13.5. The number of ether oxygens (including phenoxy) is 2. The van der Waals surface area contributed by atoms with E-state index in [2.05, 4.69) is 0 Å². The number of nitriles is 1. The summed E-state index contributed by atoms with van der Waals surface area (Å²) in [7, 11) is 3.03. The predicted octanol–water partition coefficient (Wildman–Crippen LogP) is 4.39. The van der Waals surface area contributed by atoms with E-state index < -0.39 is 11.8 Å². The van der Waals surface area contributed by atoms with Gasteiger partial charge in [0.2, 0.25) is 0 Å². The molecule has 1 aromatic heterocycles. The number of anilines is 1. The Bertz CT molecular complexity index is 1240. The van der Waals surface area contributed by atoms with Crippen LogP contribution in [-0.2, 0) is 15.3 Å². The number of furan rings is 1. The van der Waals surface area contributed by atoms with Crippen molar-refractivity contribution in [2.75, 3.05) is 19.1 Å². The van der Waals surface area contributed by atoms with E-state index in [9.17, 15) is 9.59 Å². The average Bonchev–Trinajstić information content (AvgIpc) is 3.43. The van der Waals surface area contributed by atoms with E-state index in [1.165, 1.54) is 26.0 Å². The van der Waals surface area contributed by atoms with Crippen LogP contribution in [0.4, 0.5) is 5.69 Å². The van der Waals surface area contributed by atoms with Crippen molar-refractivity contribution >= 4 is 34.8 Å². The number of amides is 2. The van der Waals surface area contributed by atoms with Crippen molar-refractivity contribution in [1.29, 1.82) is 5.26 Å². The highest BCUT2D eigenvalue weighted by Gasteiger charge is 2.40. The number of methoxy groups -OCH3 is 2. The Labute approximate surface area is 188 Å². The van der Waals surface area contributed by atoms with E-state index in [4.69, 9.17) is 19.2 Å². The lowest BCUT2D eigenvalue weighted by atomic mass is 10.1. The molecule has 0 bridgehead atoms. The molecule has 0 atom stereocenters. The molecule has 1 aliphatic heterocycles. The summed E-state index contributed by atoms with van der Waals surface area (Å²) < 4.78 is 16.0. The van der Waals surface area contributed by atoms with E-state index in [-0.39, 0.29) is 5.57 Å². The predicted molar refractivity (Wildman–Crippen MR) is 120 cm³/mol. The number of hydrogen-bond donors (Lipinski definition) is 0. The molecule has 0 aliphatic carbocycles. The first-order chi connectivity index (χ1) is 15.6. The summed E-state index contributed by atoms with van der Waals surface area (Å²) in [5.41, 5.74) is 1.65. The highest BCUT2D eigenvalue weighted by Crippen LogP contribution is 2.41. The molecule has 160 valence electrons. The minimum Gasteiger partial charge on any atom is -0.493 e. The topological polar surface area (TPSA) is 92.8 Å². The molecule has 2 amide bonds. The van der Waals surface area contributed by atoms with Gasteiger partial charge in [0.15, 0.2) is 11.5 Å². The zero-order valence-electron chi connectivity index (χ0n) is 17.3. The fourth-order valence-electron chi connectivity index (χ4n) is 3.35. The lowest BCUT2D eigenvalue weighted by Crippen LogP contribution is -2.31. The monoisotopic (exact) mass is 446 g/mol. The van der Waals surface area contributed by atoms with Gasteiger partial charge in [-0.2, -0.15) is 5.26 Å². The van der Waals surface area contributed by atoms with Crippen LogP contribution in [0.5, 0.6) is 11.5 Å². The molecule has 0 spiro atoms. The number of hydrogen-bond acceptors (Lipinski definition) is 7. The fraction of sp³-hybridized carbons (Fsp3) is 0.125. The standard InChI is InChI=1S/C24H18N2O5S/c1-29-19-10-7-16(12-20(19)30-2)21-22(32-14-18-4-3-11-31-18)24(28)26(23(21)27)17-8-5-15(13-25)6-9-17/h3-12H,14H2,1-2H3. The number of carbonyl (C=O) groups excluding carboxylic acids is 2. The van der Waals surface area contributed by atoms with E-state index in [1.807, 2.05) is 12.1 Å². The minimum absolute atomic E-state index is 0.275. The molecular weight excluding hydrogens is 428 g/mol. The Hall–Kier alpha value is -3.96. The summed E-state index contributed by atoms with van der Waals surface area (Å²) in [5.74, 6) is 1.16. The molecule has 4 rings (SSSR count). The first-order valence-electron chi connectivity index (χ1n) is 9.58. The van der Waals surface area contributed by atoms with Crippen molar-refractivity contribution < 1.29 is 23.5 Å². The molecule has 0 unspecified atom stereocenters. The third kappa shape index (κ3) is 3.86. The van der Waals surface area contributed by atoms with Gasteiger partial charge in [0, 0.05) is 0 Å². The summed E-state index contributed by atoms with van der Waals surface area (Å²) in [5, 5.41) is 9.04. The van der Waals surface area contributed by atoms with Crippen LogP contribution >= 0.6 is 11.8 Å². The maximum absolute atomic E-state index is 13.5. The maximum Gasteiger partial charge on any atom is 0.272 e. The van der Waals surface area contributed by atoms with Gasteiger partial charge in [0.1, 0.15) is 5.76 Å². The largest absolute Gasteiger partial charge is 0.493 e. The molecule has 2 heterocycles. The lowest BCUT2D eigenvalue weighted by Gasteiger charge is -2.15. The van der Waals surface area contributed by atoms with Crippen LogP contribution in [0.2, 0.25) is 0 Å². The Balaban J connectivity index is 1.77. The van der Waals surface area contributed by atoms with Crippen LogP contribution in [-0.4, -0.2) is 26.0 Å². The first kappa shape index (κ1) is 21.3. The second-order valence-corrected chi connectivity index (χ2v) is 7.73. The molecule has 1 aliphatic rings. The van der Waals surface area contributed by atoms with Gasteiger partial charge in [0.05, 0.1) is 54.0 Å². The first-order valence-corrected chi connectivity index (χ1v) is 10.6. The Morgan fingerprint density at radius 2 is 1.75 bits per heavy atom. The zero-order chi connectivity index (χ0) is 22.7. The zero-order valence-corrected chi connectivity index (χ0v) is 18.1. The highest BCUT2D eigenvalue weighted by atomic mass is 32.2. The van der Waals surface area contributed by atoms with Crippen molar-refractivity contribution in [3.8, 4) is 17.6 Å². The van der Waals surface area contributed by atoms with Crippen LogP contribution in [0.25, 0.3) is 5.57 Å². The average molecular weight is 446 g/mol. The highest BCUT2D eigenvalue weighted by molar-refractivity contribution is 8.03. The summed E-state index contributed by atoms with van der Waals surface area (Å²) in [6.07, 6.45) is 1.56. The number of imide groups is 1.